The molecule has 0 bridgehead atoms. The molecule has 2 aromatic carbocycles. The van der Waals surface area contributed by atoms with Crippen molar-refractivity contribution in [3.05, 3.63) is 52.3 Å². The summed E-state index contributed by atoms with van der Waals surface area (Å²) in [6.07, 6.45) is 0. The Kier molecular flexibility index (Phi) is 7.56. The molecule has 28 heavy (non-hydrogen) atoms. The largest absolute Gasteiger partial charge is 0.492 e. The molecule has 0 radical (unpaired) electrons. The normalized spacial score (nSPS) is 11.5. The van der Waals surface area contributed by atoms with Crippen molar-refractivity contribution in [3.63, 3.8) is 0 Å². The number of sulfonamides is 1. The van der Waals surface area contributed by atoms with Gasteiger partial charge in [-0.15, -0.1) is 0 Å². The number of benzene rings is 2. The van der Waals surface area contributed by atoms with E-state index in [1.54, 1.807) is 20.8 Å². The second-order valence-electron chi connectivity index (χ2n) is 5.76. The number of carbonyl (C=O) groups is 1. The van der Waals surface area contributed by atoms with E-state index in [1.165, 1.54) is 40.7 Å². The number of hydrogen-bond acceptors (Lipinski definition) is 4. The van der Waals surface area contributed by atoms with Gasteiger partial charge in [0.1, 0.15) is 11.6 Å². The van der Waals surface area contributed by atoms with Crippen LogP contribution >= 0.6 is 15.9 Å². The molecule has 0 atom stereocenters. The molecule has 1 N–H and O–H groups in total. The van der Waals surface area contributed by atoms with E-state index in [0.717, 1.165) is 0 Å². The summed E-state index contributed by atoms with van der Waals surface area (Å²) in [6, 6.07) is 8.23. The number of nitrogens with one attached hydrogen (secondary N) is 1. The van der Waals surface area contributed by atoms with Gasteiger partial charge in [-0.05, 0) is 43.3 Å². The third-order valence-corrected chi connectivity index (χ3v) is 6.55. The second kappa shape index (κ2) is 9.49. The van der Waals surface area contributed by atoms with E-state index < -0.39 is 21.7 Å². The lowest BCUT2D eigenvalue weighted by atomic mass is 10.2. The van der Waals surface area contributed by atoms with Crippen molar-refractivity contribution in [3.8, 4) is 5.75 Å². The molecule has 0 aromatic heterocycles. The molecule has 0 aliphatic rings. The lowest BCUT2D eigenvalue weighted by Crippen LogP contribution is -2.30. The van der Waals surface area contributed by atoms with Gasteiger partial charge in [0.2, 0.25) is 10.0 Å². The lowest BCUT2D eigenvalue weighted by Gasteiger charge is -2.20. The number of halogens is 2. The van der Waals surface area contributed by atoms with E-state index in [1.807, 2.05) is 0 Å². The standard InChI is InChI=1S/C19H22BrFN2O4S/c1-4-23(5-2)28(25,26)14-8-10-18(27-6-3)17(12-14)22-19(24)15-11-13(20)7-9-16(15)21/h7-12H,4-6H2,1-3H3,(H,22,24). The Bertz CT molecular complexity index is 962. The number of anilines is 1. The quantitative estimate of drug-likeness (QED) is 0.622. The van der Waals surface area contributed by atoms with Crippen LogP contribution in [0, 0.1) is 5.82 Å². The highest BCUT2D eigenvalue weighted by atomic mass is 79.9. The van der Waals surface area contributed by atoms with Gasteiger partial charge < -0.3 is 10.1 Å². The first-order chi connectivity index (χ1) is 13.2. The first-order valence-electron chi connectivity index (χ1n) is 8.77. The Hall–Kier alpha value is -1.97. The average Bonchev–Trinajstić information content (AvgIpc) is 2.65. The Labute approximate surface area is 172 Å². The summed E-state index contributed by atoms with van der Waals surface area (Å²) >= 11 is 3.20. The zero-order valence-electron chi connectivity index (χ0n) is 15.8. The SMILES string of the molecule is CCOc1ccc(S(=O)(=O)N(CC)CC)cc1NC(=O)c1cc(Br)ccc1F. The van der Waals surface area contributed by atoms with Crippen LogP contribution in [-0.2, 0) is 10.0 Å². The van der Waals surface area contributed by atoms with Crippen LogP contribution in [0.2, 0.25) is 0 Å². The molecule has 1 amide bonds. The summed E-state index contributed by atoms with van der Waals surface area (Å²) in [4.78, 5) is 12.6. The van der Waals surface area contributed by atoms with Crippen molar-refractivity contribution < 1.29 is 22.3 Å². The predicted molar refractivity (Wildman–Crippen MR) is 110 cm³/mol. The van der Waals surface area contributed by atoms with Crippen LogP contribution in [0.1, 0.15) is 31.1 Å². The summed E-state index contributed by atoms with van der Waals surface area (Å²) in [7, 11) is -3.73. The molecule has 0 heterocycles. The van der Waals surface area contributed by atoms with Crippen LogP contribution in [0.4, 0.5) is 10.1 Å². The highest BCUT2D eigenvalue weighted by molar-refractivity contribution is 9.10. The second-order valence-corrected chi connectivity index (χ2v) is 8.61. The van der Waals surface area contributed by atoms with E-state index in [4.69, 9.17) is 4.74 Å². The highest BCUT2D eigenvalue weighted by Crippen LogP contribution is 2.30. The van der Waals surface area contributed by atoms with Crippen molar-refractivity contribution in [1.82, 2.24) is 4.31 Å². The maximum absolute atomic E-state index is 14.0. The summed E-state index contributed by atoms with van der Waals surface area (Å²) in [5.74, 6) is -1.10. The van der Waals surface area contributed by atoms with Gasteiger partial charge in [-0.2, -0.15) is 4.31 Å². The van der Waals surface area contributed by atoms with Crippen molar-refractivity contribution in [1.29, 1.82) is 0 Å². The monoisotopic (exact) mass is 472 g/mol. The fraction of sp³-hybridized carbons (Fsp3) is 0.316. The molecule has 0 saturated heterocycles. The Balaban J connectivity index is 2.46. The molecule has 6 nitrogen and oxygen atoms in total. The van der Waals surface area contributed by atoms with Gasteiger partial charge in [0.25, 0.3) is 5.91 Å². The number of carbonyl (C=O) groups excluding carboxylic acids is 1. The third kappa shape index (κ3) is 4.89. The zero-order valence-corrected chi connectivity index (χ0v) is 18.2. The van der Waals surface area contributed by atoms with Crippen LogP contribution in [0.25, 0.3) is 0 Å². The van der Waals surface area contributed by atoms with E-state index in [0.29, 0.717) is 29.9 Å². The number of rotatable bonds is 8. The first-order valence-corrected chi connectivity index (χ1v) is 11.0. The smallest absolute Gasteiger partial charge is 0.258 e. The molecule has 152 valence electrons. The summed E-state index contributed by atoms with van der Waals surface area (Å²) < 4.78 is 46.9. The minimum Gasteiger partial charge on any atom is -0.492 e. The highest BCUT2D eigenvalue weighted by Gasteiger charge is 2.24. The van der Waals surface area contributed by atoms with Crippen LogP contribution in [0.5, 0.6) is 5.75 Å². The van der Waals surface area contributed by atoms with Gasteiger partial charge in [0, 0.05) is 17.6 Å². The van der Waals surface area contributed by atoms with Crippen LogP contribution in [0.3, 0.4) is 0 Å². The molecular formula is C19H22BrFN2O4S. The van der Waals surface area contributed by atoms with Gasteiger partial charge >= 0.3 is 0 Å². The topological polar surface area (TPSA) is 75.7 Å². The minimum absolute atomic E-state index is 0.0182. The van der Waals surface area contributed by atoms with Gasteiger partial charge in [0.05, 0.1) is 22.8 Å². The zero-order chi connectivity index (χ0) is 20.9. The maximum Gasteiger partial charge on any atom is 0.258 e. The molecule has 2 rings (SSSR count). The van der Waals surface area contributed by atoms with Crippen LogP contribution in [0.15, 0.2) is 45.8 Å². The lowest BCUT2D eigenvalue weighted by molar-refractivity contribution is 0.102. The van der Waals surface area contributed by atoms with E-state index in [2.05, 4.69) is 21.2 Å². The van der Waals surface area contributed by atoms with Crippen LogP contribution in [-0.4, -0.2) is 38.3 Å². The number of amides is 1. The average molecular weight is 473 g/mol. The Morgan fingerprint density at radius 3 is 2.43 bits per heavy atom. The molecule has 0 spiro atoms. The van der Waals surface area contributed by atoms with E-state index >= 15 is 0 Å². The third-order valence-electron chi connectivity index (χ3n) is 4.02. The molecule has 0 aliphatic carbocycles. The Morgan fingerprint density at radius 1 is 1.14 bits per heavy atom. The fourth-order valence-electron chi connectivity index (χ4n) is 2.62. The molecule has 0 unspecified atom stereocenters. The number of nitrogens with zero attached hydrogens (tertiary/aromatic N) is 1. The van der Waals surface area contributed by atoms with Crippen LogP contribution < -0.4 is 10.1 Å². The van der Waals surface area contributed by atoms with E-state index in [9.17, 15) is 17.6 Å². The molecule has 0 saturated carbocycles. The van der Waals surface area contributed by atoms with Crippen molar-refractivity contribution in [2.45, 2.75) is 25.7 Å². The number of ether oxygens (including phenoxy) is 1. The van der Waals surface area contributed by atoms with E-state index in [-0.39, 0.29) is 16.1 Å². The molecule has 0 fully saturated rings. The minimum atomic E-state index is -3.73. The first kappa shape index (κ1) is 22.3. The molecule has 0 aliphatic heterocycles. The summed E-state index contributed by atoms with van der Waals surface area (Å²) in [5, 5.41) is 2.56. The maximum atomic E-state index is 14.0. The molecule has 2 aromatic rings. The van der Waals surface area contributed by atoms with Crippen molar-refractivity contribution >= 4 is 37.5 Å². The Morgan fingerprint density at radius 2 is 1.82 bits per heavy atom. The number of hydrogen-bond donors (Lipinski definition) is 1. The van der Waals surface area contributed by atoms with Crippen molar-refractivity contribution in [2.75, 3.05) is 25.0 Å². The van der Waals surface area contributed by atoms with Gasteiger partial charge in [0.15, 0.2) is 0 Å². The van der Waals surface area contributed by atoms with Gasteiger partial charge in [-0.1, -0.05) is 29.8 Å². The molecule has 9 heteroatoms. The van der Waals surface area contributed by atoms with Gasteiger partial charge in [-0.25, -0.2) is 12.8 Å². The van der Waals surface area contributed by atoms with Crippen molar-refractivity contribution in [2.24, 2.45) is 0 Å². The summed E-state index contributed by atoms with van der Waals surface area (Å²) in [5.41, 5.74) is -0.0201. The predicted octanol–water partition coefficient (Wildman–Crippen LogP) is 4.27. The van der Waals surface area contributed by atoms with Gasteiger partial charge in [-0.3, -0.25) is 4.79 Å². The summed E-state index contributed by atoms with van der Waals surface area (Å²) in [6.45, 7) is 6.20. The molecular weight excluding hydrogens is 451 g/mol. The fourth-order valence-corrected chi connectivity index (χ4v) is 4.47.